The van der Waals surface area contributed by atoms with Crippen LogP contribution in [0.15, 0.2) is 69.4 Å². The van der Waals surface area contributed by atoms with E-state index in [-0.39, 0.29) is 12.1 Å². The lowest BCUT2D eigenvalue weighted by atomic mass is 10.0. The lowest BCUT2D eigenvalue weighted by molar-refractivity contribution is -0.121. The molecule has 8 heteroatoms. The maximum Gasteiger partial charge on any atom is 0.263 e. The number of benzene rings is 1. The topological polar surface area (TPSA) is 89.5 Å². The SMILES string of the molecule is Cc1sc2ncn(CC(=O)N/N=C\c3ccco3)c(=O)c2c1-c1ccccc1. The molecular weight excluding hydrogens is 376 g/mol. The summed E-state index contributed by atoms with van der Waals surface area (Å²) in [4.78, 5) is 31.2. The molecule has 0 radical (unpaired) electrons. The van der Waals surface area contributed by atoms with Crippen LogP contribution in [0.2, 0.25) is 0 Å². The average molecular weight is 392 g/mol. The number of rotatable bonds is 5. The molecule has 1 N–H and O–H groups in total. The fraction of sp³-hybridized carbons (Fsp3) is 0.100. The number of aromatic nitrogens is 2. The minimum Gasteiger partial charge on any atom is -0.463 e. The fourth-order valence-electron chi connectivity index (χ4n) is 2.93. The van der Waals surface area contributed by atoms with E-state index in [0.717, 1.165) is 16.0 Å². The molecule has 0 fully saturated rings. The summed E-state index contributed by atoms with van der Waals surface area (Å²) in [6, 6.07) is 13.1. The lowest BCUT2D eigenvalue weighted by Gasteiger charge is -2.05. The number of fused-ring (bicyclic) bond motifs is 1. The van der Waals surface area contributed by atoms with Gasteiger partial charge in [0, 0.05) is 10.4 Å². The Bertz CT molecular complexity index is 1210. The van der Waals surface area contributed by atoms with Gasteiger partial charge in [0.15, 0.2) is 0 Å². The molecule has 0 aliphatic rings. The van der Waals surface area contributed by atoms with Crippen molar-refractivity contribution in [3.05, 3.63) is 76.0 Å². The van der Waals surface area contributed by atoms with Crippen molar-refractivity contribution in [3.63, 3.8) is 0 Å². The Morgan fingerprint density at radius 2 is 2.11 bits per heavy atom. The van der Waals surface area contributed by atoms with E-state index in [9.17, 15) is 9.59 Å². The van der Waals surface area contributed by atoms with Crippen LogP contribution in [0.1, 0.15) is 10.6 Å². The Morgan fingerprint density at radius 1 is 1.29 bits per heavy atom. The molecule has 0 unspecified atom stereocenters. The number of furan rings is 1. The number of hydrazone groups is 1. The zero-order valence-electron chi connectivity index (χ0n) is 15.0. The van der Waals surface area contributed by atoms with Crippen molar-refractivity contribution < 1.29 is 9.21 Å². The summed E-state index contributed by atoms with van der Waals surface area (Å²) in [5.41, 5.74) is 3.95. The molecule has 0 aliphatic heterocycles. The van der Waals surface area contributed by atoms with E-state index >= 15 is 0 Å². The summed E-state index contributed by atoms with van der Waals surface area (Å²) in [7, 11) is 0. The van der Waals surface area contributed by atoms with Gasteiger partial charge in [-0.2, -0.15) is 5.10 Å². The van der Waals surface area contributed by atoms with Crippen LogP contribution in [0.25, 0.3) is 21.3 Å². The Labute approximate surface area is 164 Å². The molecule has 0 spiro atoms. The predicted molar refractivity (Wildman–Crippen MR) is 108 cm³/mol. The van der Waals surface area contributed by atoms with Gasteiger partial charge in [-0.1, -0.05) is 30.3 Å². The molecule has 4 rings (SSSR count). The molecule has 0 saturated carbocycles. The molecule has 0 saturated heterocycles. The quantitative estimate of drug-likeness (QED) is 0.417. The second kappa shape index (κ2) is 7.61. The zero-order chi connectivity index (χ0) is 19.5. The molecular formula is C20H16N4O3S. The standard InChI is InChI=1S/C20H16N4O3S/c1-13-17(14-6-3-2-4-7-14)18-19(28-13)21-12-24(20(18)26)11-16(25)23-22-10-15-8-5-9-27-15/h2-10,12H,11H2,1H3,(H,23,25)/b22-10-. The van der Waals surface area contributed by atoms with Gasteiger partial charge in [-0.05, 0) is 24.6 Å². The average Bonchev–Trinajstić information content (AvgIpc) is 3.32. The van der Waals surface area contributed by atoms with Gasteiger partial charge in [0.1, 0.15) is 17.1 Å². The van der Waals surface area contributed by atoms with Crippen molar-refractivity contribution in [1.82, 2.24) is 15.0 Å². The van der Waals surface area contributed by atoms with E-state index < -0.39 is 5.91 Å². The molecule has 0 aliphatic carbocycles. The van der Waals surface area contributed by atoms with Crippen molar-refractivity contribution in [2.24, 2.45) is 5.10 Å². The highest BCUT2D eigenvalue weighted by molar-refractivity contribution is 7.19. The van der Waals surface area contributed by atoms with Crippen molar-refractivity contribution in [3.8, 4) is 11.1 Å². The Kier molecular flexibility index (Phi) is 4.86. The third-order valence-corrected chi connectivity index (χ3v) is 5.17. The van der Waals surface area contributed by atoms with Crippen LogP contribution >= 0.6 is 11.3 Å². The van der Waals surface area contributed by atoms with Gasteiger partial charge in [-0.25, -0.2) is 10.4 Å². The van der Waals surface area contributed by atoms with E-state index in [1.165, 1.54) is 34.7 Å². The first-order valence-electron chi connectivity index (χ1n) is 8.53. The number of carbonyl (C=O) groups excluding carboxylic acids is 1. The number of amides is 1. The summed E-state index contributed by atoms with van der Waals surface area (Å²) in [6.45, 7) is 1.79. The first-order chi connectivity index (χ1) is 13.6. The first kappa shape index (κ1) is 17.9. The van der Waals surface area contributed by atoms with Crippen LogP contribution in [-0.4, -0.2) is 21.7 Å². The number of aryl methyl sites for hydroxylation is 1. The van der Waals surface area contributed by atoms with Crippen LogP contribution in [-0.2, 0) is 11.3 Å². The molecule has 4 aromatic rings. The molecule has 0 bridgehead atoms. The maximum atomic E-state index is 13.0. The minimum absolute atomic E-state index is 0.180. The second-order valence-corrected chi connectivity index (χ2v) is 7.27. The van der Waals surface area contributed by atoms with E-state index in [2.05, 4.69) is 15.5 Å². The van der Waals surface area contributed by atoms with E-state index in [4.69, 9.17) is 4.42 Å². The maximum absolute atomic E-state index is 13.0. The summed E-state index contributed by atoms with van der Waals surface area (Å²) in [6.07, 6.45) is 4.29. The van der Waals surface area contributed by atoms with Crippen LogP contribution in [0.3, 0.4) is 0 Å². The molecule has 1 amide bonds. The number of nitrogens with zero attached hydrogens (tertiary/aromatic N) is 3. The highest BCUT2D eigenvalue weighted by atomic mass is 32.1. The van der Waals surface area contributed by atoms with Gasteiger partial charge in [-0.3, -0.25) is 14.2 Å². The van der Waals surface area contributed by atoms with Gasteiger partial charge in [-0.15, -0.1) is 11.3 Å². The first-order valence-corrected chi connectivity index (χ1v) is 9.34. The number of hydrogen-bond acceptors (Lipinski definition) is 6. The molecule has 7 nitrogen and oxygen atoms in total. The van der Waals surface area contributed by atoms with Crippen LogP contribution in [0.5, 0.6) is 0 Å². The Hall–Kier alpha value is -3.52. The monoisotopic (exact) mass is 392 g/mol. The van der Waals surface area contributed by atoms with Crippen molar-refractivity contribution >= 4 is 33.7 Å². The normalized spacial score (nSPS) is 11.3. The third kappa shape index (κ3) is 3.49. The van der Waals surface area contributed by atoms with E-state index in [0.29, 0.717) is 16.0 Å². The van der Waals surface area contributed by atoms with Gasteiger partial charge in [0.2, 0.25) is 0 Å². The fourth-order valence-corrected chi connectivity index (χ4v) is 3.93. The third-order valence-electron chi connectivity index (χ3n) is 4.16. The highest BCUT2D eigenvalue weighted by Crippen LogP contribution is 2.35. The lowest BCUT2D eigenvalue weighted by Crippen LogP contribution is -2.30. The minimum atomic E-state index is -0.431. The Morgan fingerprint density at radius 3 is 2.86 bits per heavy atom. The number of nitrogens with one attached hydrogen (secondary N) is 1. The highest BCUT2D eigenvalue weighted by Gasteiger charge is 2.17. The predicted octanol–water partition coefficient (Wildman–Crippen LogP) is 3.18. The summed E-state index contributed by atoms with van der Waals surface area (Å²) < 4.78 is 6.38. The van der Waals surface area contributed by atoms with Crippen LogP contribution in [0.4, 0.5) is 0 Å². The summed E-state index contributed by atoms with van der Waals surface area (Å²) in [5.74, 6) is 0.0843. The zero-order valence-corrected chi connectivity index (χ0v) is 15.8. The van der Waals surface area contributed by atoms with E-state index in [1.807, 2.05) is 37.3 Å². The van der Waals surface area contributed by atoms with Gasteiger partial charge in [0.05, 0.1) is 24.2 Å². The van der Waals surface area contributed by atoms with Crippen molar-refractivity contribution in [1.29, 1.82) is 0 Å². The van der Waals surface area contributed by atoms with Gasteiger partial charge < -0.3 is 4.42 Å². The number of carbonyl (C=O) groups is 1. The van der Waals surface area contributed by atoms with Gasteiger partial charge >= 0.3 is 0 Å². The van der Waals surface area contributed by atoms with Gasteiger partial charge in [0.25, 0.3) is 11.5 Å². The summed E-state index contributed by atoms with van der Waals surface area (Å²) in [5, 5.41) is 4.35. The summed E-state index contributed by atoms with van der Waals surface area (Å²) >= 11 is 1.47. The number of hydrogen-bond donors (Lipinski definition) is 1. The van der Waals surface area contributed by atoms with Crippen molar-refractivity contribution in [2.75, 3.05) is 0 Å². The number of thiophene rings is 1. The molecule has 1 aromatic carbocycles. The smallest absolute Gasteiger partial charge is 0.263 e. The van der Waals surface area contributed by atoms with E-state index in [1.54, 1.807) is 12.1 Å². The van der Waals surface area contributed by atoms with Crippen LogP contribution < -0.4 is 11.0 Å². The van der Waals surface area contributed by atoms with Crippen molar-refractivity contribution in [2.45, 2.75) is 13.5 Å². The largest absolute Gasteiger partial charge is 0.463 e. The molecule has 3 aromatic heterocycles. The second-order valence-electron chi connectivity index (χ2n) is 6.07. The Balaban J connectivity index is 1.63. The molecule has 0 atom stereocenters. The van der Waals surface area contributed by atoms with Crippen LogP contribution in [0, 0.1) is 6.92 Å². The molecule has 140 valence electrons. The molecule has 28 heavy (non-hydrogen) atoms. The molecule has 3 heterocycles.